The van der Waals surface area contributed by atoms with Gasteiger partial charge in [-0.1, -0.05) is 115 Å². The topological polar surface area (TPSA) is 86.8 Å². The van der Waals surface area contributed by atoms with Crippen molar-refractivity contribution in [2.24, 2.45) is 0 Å². The molecule has 1 atom stereocenters. The molecule has 1 N–H and O–H groups in total. The predicted octanol–water partition coefficient (Wildman–Crippen LogP) is 7.05. The van der Waals surface area contributed by atoms with Crippen molar-refractivity contribution in [3.8, 4) is 0 Å². The SMILES string of the molecule is CCCCNC(=O)[C@H](Cc1ccccc1)N(Cc1ccccc1C)C(=O)CN(c1cccc(Cl)c1Cl)S(=O)(=O)c1ccccc1. The highest BCUT2D eigenvalue weighted by Gasteiger charge is 2.35. The zero-order valence-electron chi connectivity index (χ0n) is 25.3. The Hall–Kier alpha value is -3.85. The van der Waals surface area contributed by atoms with Gasteiger partial charge in [0.25, 0.3) is 10.0 Å². The number of carbonyl (C=O) groups is 2. The summed E-state index contributed by atoms with van der Waals surface area (Å²) in [5.74, 6) is -0.882. The molecule has 4 aromatic carbocycles. The molecule has 0 fully saturated rings. The molecule has 0 bridgehead atoms. The van der Waals surface area contributed by atoms with Crippen molar-refractivity contribution in [3.63, 3.8) is 0 Å². The summed E-state index contributed by atoms with van der Waals surface area (Å²) in [6.07, 6.45) is 1.91. The van der Waals surface area contributed by atoms with E-state index >= 15 is 0 Å². The van der Waals surface area contributed by atoms with E-state index in [-0.39, 0.29) is 39.5 Å². The second-order valence-corrected chi connectivity index (χ2v) is 13.3. The Morgan fingerprint density at radius 1 is 0.844 bits per heavy atom. The number of halogens is 2. The molecule has 7 nitrogen and oxygen atoms in total. The third-order valence-electron chi connectivity index (χ3n) is 7.51. The first-order valence-corrected chi connectivity index (χ1v) is 17.0. The van der Waals surface area contributed by atoms with Crippen LogP contribution >= 0.6 is 23.2 Å². The highest BCUT2D eigenvalue weighted by molar-refractivity contribution is 7.92. The van der Waals surface area contributed by atoms with Crippen LogP contribution < -0.4 is 9.62 Å². The Bertz CT molecular complexity index is 1700. The number of amides is 2. The Labute approximate surface area is 275 Å². The van der Waals surface area contributed by atoms with Gasteiger partial charge in [0.1, 0.15) is 12.6 Å². The predicted molar refractivity (Wildman–Crippen MR) is 181 cm³/mol. The van der Waals surface area contributed by atoms with Crippen LogP contribution in [-0.2, 0) is 32.6 Å². The molecule has 0 radical (unpaired) electrons. The average Bonchev–Trinajstić information content (AvgIpc) is 3.04. The summed E-state index contributed by atoms with van der Waals surface area (Å²) in [7, 11) is -4.28. The monoisotopic (exact) mass is 665 g/mol. The van der Waals surface area contributed by atoms with Gasteiger partial charge >= 0.3 is 0 Å². The summed E-state index contributed by atoms with van der Waals surface area (Å²) in [5, 5.41) is 3.13. The van der Waals surface area contributed by atoms with E-state index in [1.165, 1.54) is 23.1 Å². The van der Waals surface area contributed by atoms with E-state index in [1.807, 2.05) is 68.4 Å². The van der Waals surface area contributed by atoms with Crippen molar-refractivity contribution >= 4 is 50.7 Å². The zero-order valence-corrected chi connectivity index (χ0v) is 27.7. The van der Waals surface area contributed by atoms with Crippen LogP contribution in [0.3, 0.4) is 0 Å². The lowest BCUT2D eigenvalue weighted by Gasteiger charge is -2.34. The fourth-order valence-electron chi connectivity index (χ4n) is 4.95. The van der Waals surface area contributed by atoms with Gasteiger partial charge in [-0.2, -0.15) is 0 Å². The molecule has 0 aromatic heterocycles. The van der Waals surface area contributed by atoms with Crippen molar-refractivity contribution in [1.82, 2.24) is 10.2 Å². The molecule has 0 heterocycles. The van der Waals surface area contributed by atoms with Crippen LogP contribution in [0.15, 0.2) is 108 Å². The molecule has 0 saturated heterocycles. The minimum Gasteiger partial charge on any atom is -0.354 e. The van der Waals surface area contributed by atoms with Crippen molar-refractivity contribution in [2.75, 3.05) is 17.4 Å². The molecule has 0 aliphatic heterocycles. The van der Waals surface area contributed by atoms with Gasteiger partial charge in [0.2, 0.25) is 11.8 Å². The molecule has 4 aromatic rings. The van der Waals surface area contributed by atoms with Crippen molar-refractivity contribution < 1.29 is 18.0 Å². The lowest BCUT2D eigenvalue weighted by Crippen LogP contribution is -2.53. The second-order valence-electron chi connectivity index (χ2n) is 10.7. The molecule has 236 valence electrons. The summed E-state index contributed by atoms with van der Waals surface area (Å²) in [6, 6.07) is 28.6. The summed E-state index contributed by atoms with van der Waals surface area (Å²) in [4.78, 5) is 29.8. The number of sulfonamides is 1. The first-order chi connectivity index (χ1) is 21.6. The van der Waals surface area contributed by atoms with Crippen LogP contribution in [0.5, 0.6) is 0 Å². The third-order valence-corrected chi connectivity index (χ3v) is 10.1. The fraction of sp³-hybridized carbons (Fsp3) is 0.257. The molecule has 2 amide bonds. The maximum atomic E-state index is 14.5. The summed E-state index contributed by atoms with van der Waals surface area (Å²) >= 11 is 12.9. The highest BCUT2D eigenvalue weighted by atomic mass is 35.5. The molecular weight excluding hydrogens is 629 g/mol. The largest absolute Gasteiger partial charge is 0.354 e. The van der Waals surface area contributed by atoms with E-state index < -0.39 is 28.5 Å². The number of hydrogen-bond donors (Lipinski definition) is 1. The lowest BCUT2D eigenvalue weighted by molar-refractivity contribution is -0.140. The average molecular weight is 667 g/mol. The highest BCUT2D eigenvalue weighted by Crippen LogP contribution is 2.35. The maximum Gasteiger partial charge on any atom is 0.264 e. The second kappa shape index (κ2) is 15.9. The minimum atomic E-state index is -4.28. The van der Waals surface area contributed by atoms with Crippen LogP contribution in [0.1, 0.15) is 36.5 Å². The number of anilines is 1. The van der Waals surface area contributed by atoms with Crippen LogP contribution in [0.25, 0.3) is 0 Å². The van der Waals surface area contributed by atoms with Gasteiger partial charge in [0, 0.05) is 19.5 Å². The summed E-state index contributed by atoms with van der Waals surface area (Å²) in [5.41, 5.74) is 2.70. The Balaban J connectivity index is 1.82. The van der Waals surface area contributed by atoms with Gasteiger partial charge in [-0.05, 0) is 54.3 Å². The van der Waals surface area contributed by atoms with E-state index in [4.69, 9.17) is 23.2 Å². The van der Waals surface area contributed by atoms with Crippen LogP contribution in [0.2, 0.25) is 10.0 Å². The van der Waals surface area contributed by atoms with E-state index in [9.17, 15) is 18.0 Å². The molecule has 0 saturated carbocycles. The van der Waals surface area contributed by atoms with Crippen molar-refractivity contribution in [3.05, 3.63) is 130 Å². The maximum absolute atomic E-state index is 14.5. The Kier molecular flexibility index (Phi) is 12.0. The fourth-order valence-corrected chi connectivity index (χ4v) is 6.84. The van der Waals surface area contributed by atoms with Crippen molar-refractivity contribution in [1.29, 1.82) is 0 Å². The number of carbonyl (C=O) groups excluding carboxylic acids is 2. The zero-order chi connectivity index (χ0) is 32.4. The number of rotatable bonds is 14. The Morgan fingerprint density at radius 2 is 1.49 bits per heavy atom. The number of nitrogens with zero attached hydrogens (tertiary/aromatic N) is 2. The molecule has 10 heteroatoms. The van der Waals surface area contributed by atoms with Gasteiger partial charge in [0.05, 0.1) is 20.6 Å². The van der Waals surface area contributed by atoms with Gasteiger partial charge < -0.3 is 10.2 Å². The van der Waals surface area contributed by atoms with Crippen LogP contribution in [-0.4, -0.2) is 44.3 Å². The van der Waals surface area contributed by atoms with Gasteiger partial charge in [-0.3, -0.25) is 13.9 Å². The molecule has 0 unspecified atom stereocenters. The van der Waals surface area contributed by atoms with E-state index in [2.05, 4.69) is 5.32 Å². The molecule has 0 aliphatic rings. The van der Waals surface area contributed by atoms with Gasteiger partial charge in [0.15, 0.2) is 0 Å². The van der Waals surface area contributed by atoms with Gasteiger partial charge in [-0.15, -0.1) is 0 Å². The van der Waals surface area contributed by atoms with Crippen LogP contribution in [0.4, 0.5) is 5.69 Å². The normalized spacial score (nSPS) is 11.9. The third kappa shape index (κ3) is 8.66. The number of aryl methyl sites for hydroxylation is 1. The number of unbranched alkanes of at least 4 members (excludes halogenated alkanes) is 1. The number of nitrogens with one attached hydrogen (secondary N) is 1. The Morgan fingerprint density at radius 3 is 2.16 bits per heavy atom. The molecule has 4 rings (SSSR count). The molecule has 0 spiro atoms. The molecule has 45 heavy (non-hydrogen) atoms. The standard InChI is InChI=1S/C35H37Cl2N3O4S/c1-3-4-22-38-35(42)32(23-27-15-7-5-8-16-27)39(24-28-17-12-11-14-26(28)2)33(41)25-40(31-21-13-20-30(36)34(31)37)45(43,44)29-18-9-6-10-19-29/h5-21,32H,3-4,22-25H2,1-2H3,(H,38,42)/t32-/m0/s1. The van der Waals surface area contributed by atoms with Crippen LogP contribution in [0, 0.1) is 6.92 Å². The number of hydrogen-bond acceptors (Lipinski definition) is 4. The molecular formula is C35H37Cl2N3O4S. The first kappa shape index (κ1) is 34.0. The summed E-state index contributed by atoms with van der Waals surface area (Å²) in [6.45, 7) is 3.90. The summed E-state index contributed by atoms with van der Waals surface area (Å²) < 4.78 is 29.2. The number of benzene rings is 4. The minimum absolute atomic E-state index is 0.00456. The first-order valence-electron chi connectivity index (χ1n) is 14.8. The van der Waals surface area contributed by atoms with E-state index in [0.717, 1.165) is 33.8 Å². The lowest BCUT2D eigenvalue weighted by atomic mass is 10.0. The van der Waals surface area contributed by atoms with E-state index in [1.54, 1.807) is 30.3 Å². The van der Waals surface area contributed by atoms with Crippen molar-refractivity contribution in [2.45, 2.75) is 50.6 Å². The smallest absolute Gasteiger partial charge is 0.264 e. The van der Waals surface area contributed by atoms with Gasteiger partial charge in [-0.25, -0.2) is 8.42 Å². The quantitative estimate of drug-likeness (QED) is 0.146. The van der Waals surface area contributed by atoms with E-state index in [0.29, 0.717) is 6.54 Å². The molecule has 0 aliphatic carbocycles.